The molecule has 98 valence electrons. The third-order valence-corrected chi connectivity index (χ3v) is 3.17. The smallest absolute Gasteiger partial charge is 0.237 e. The molecule has 0 spiro atoms. The van der Waals surface area contributed by atoms with Crippen molar-refractivity contribution < 1.29 is 9.59 Å². The van der Waals surface area contributed by atoms with Crippen molar-refractivity contribution in [3.05, 3.63) is 0 Å². The van der Waals surface area contributed by atoms with E-state index in [1.54, 1.807) is 6.92 Å². The van der Waals surface area contributed by atoms with Crippen molar-refractivity contribution in [2.24, 2.45) is 5.73 Å². The van der Waals surface area contributed by atoms with Crippen molar-refractivity contribution in [3.8, 4) is 0 Å². The fourth-order valence-corrected chi connectivity index (χ4v) is 2.08. The molecule has 1 rings (SSSR count). The van der Waals surface area contributed by atoms with Gasteiger partial charge in [0.15, 0.2) is 0 Å². The van der Waals surface area contributed by atoms with Gasteiger partial charge >= 0.3 is 0 Å². The van der Waals surface area contributed by atoms with Crippen molar-refractivity contribution in [1.29, 1.82) is 0 Å². The second-order valence-electron chi connectivity index (χ2n) is 4.74. The Labute approximate surface area is 103 Å². The number of carbonyl (C=O) groups is 2. The number of hydrogen-bond donors (Lipinski definition) is 3. The molecule has 0 heterocycles. The van der Waals surface area contributed by atoms with Crippen LogP contribution in [-0.4, -0.2) is 30.4 Å². The molecule has 0 aromatic carbocycles. The van der Waals surface area contributed by atoms with Crippen LogP contribution in [0.5, 0.6) is 0 Å². The topological polar surface area (TPSA) is 84.2 Å². The van der Waals surface area contributed by atoms with E-state index in [4.69, 9.17) is 5.73 Å². The molecular formula is C12H23N3O2. The SMILES string of the molecule is CC(NCCC(N)=O)C(=O)NC1CCCCC1. The quantitative estimate of drug-likeness (QED) is 0.625. The average molecular weight is 241 g/mol. The second-order valence-corrected chi connectivity index (χ2v) is 4.74. The summed E-state index contributed by atoms with van der Waals surface area (Å²) in [5.41, 5.74) is 5.02. The van der Waals surface area contributed by atoms with Gasteiger partial charge in [-0.1, -0.05) is 19.3 Å². The van der Waals surface area contributed by atoms with Gasteiger partial charge in [-0.25, -0.2) is 0 Å². The summed E-state index contributed by atoms with van der Waals surface area (Å²) in [7, 11) is 0. The van der Waals surface area contributed by atoms with Crippen molar-refractivity contribution in [2.45, 2.75) is 57.5 Å². The summed E-state index contributed by atoms with van der Waals surface area (Å²) in [4.78, 5) is 22.3. The molecule has 1 atom stereocenters. The van der Waals surface area contributed by atoms with Gasteiger partial charge in [-0.2, -0.15) is 0 Å². The molecular weight excluding hydrogens is 218 g/mol. The molecule has 1 aliphatic carbocycles. The molecule has 17 heavy (non-hydrogen) atoms. The molecule has 2 amide bonds. The summed E-state index contributed by atoms with van der Waals surface area (Å²) < 4.78 is 0. The van der Waals surface area contributed by atoms with E-state index in [1.165, 1.54) is 19.3 Å². The normalized spacial score (nSPS) is 18.6. The maximum Gasteiger partial charge on any atom is 0.237 e. The van der Waals surface area contributed by atoms with Crippen LogP contribution in [0.4, 0.5) is 0 Å². The van der Waals surface area contributed by atoms with Crippen LogP contribution in [0.25, 0.3) is 0 Å². The lowest BCUT2D eigenvalue weighted by Gasteiger charge is -2.24. The van der Waals surface area contributed by atoms with E-state index in [1.807, 2.05) is 0 Å². The predicted octanol–water partition coefficient (Wildman–Crippen LogP) is 0.289. The third kappa shape index (κ3) is 5.68. The van der Waals surface area contributed by atoms with Crippen molar-refractivity contribution in [3.63, 3.8) is 0 Å². The van der Waals surface area contributed by atoms with Gasteiger partial charge < -0.3 is 16.4 Å². The van der Waals surface area contributed by atoms with Crippen LogP contribution in [-0.2, 0) is 9.59 Å². The standard InChI is InChI=1S/C12H23N3O2/c1-9(14-8-7-11(13)16)12(17)15-10-5-3-2-4-6-10/h9-10,14H,2-8H2,1H3,(H2,13,16)(H,15,17). The van der Waals surface area contributed by atoms with Gasteiger partial charge in [-0.15, -0.1) is 0 Å². The number of carbonyl (C=O) groups excluding carboxylic acids is 2. The molecule has 0 bridgehead atoms. The molecule has 5 heteroatoms. The maximum absolute atomic E-state index is 11.8. The molecule has 5 nitrogen and oxygen atoms in total. The molecule has 1 saturated carbocycles. The minimum atomic E-state index is -0.350. The van der Waals surface area contributed by atoms with Crippen LogP contribution in [0.3, 0.4) is 0 Å². The van der Waals surface area contributed by atoms with Gasteiger partial charge in [0.25, 0.3) is 0 Å². The number of nitrogens with one attached hydrogen (secondary N) is 2. The van der Waals surface area contributed by atoms with Crippen LogP contribution < -0.4 is 16.4 Å². The fourth-order valence-electron chi connectivity index (χ4n) is 2.08. The summed E-state index contributed by atoms with van der Waals surface area (Å²) in [5, 5.41) is 6.03. The van der Waals surface area contributed by atoms with Gasteiger partial charge in [0, 0.05) is 19.0 Å². The first-order valence-electron chi connectivity index (χ1n) is 6.41. The average Bonchev–Trinajstić information content (AvgIpc) is 2.29. The monoisotopic (exact) mass is 241 g/mol. The van der Waals surface area contributed by atoms with Crippen LogP contribution >= 0.6 is 0 Å². The van der Waals surface area contributed by atoms with Gasteiger partial charge in [0.1, 0.15) is 0 Å². The Morgan fingerprint density at radius 3 is 2.53 bits per heavy atom. The van der Waals surface area contributed by atoms with Crippen LogP contribution in [0.1, 0.15) is 45.4 Å². The Bertz CT molecular complexity index is 262. The lowest BCUT2D eigenvalue weighted by molar-refractivity contribution is -0.124. The zero-order valence-corrected chi connectivity index (χ0v) is 10.5. The lowest BCUT2D eigenvalue weighted by atomic mass is 9.95. The molecule has 0 saturated heterocycles. The second kappa shape index (κ2) is 7.27. The van der Waals surface area contributed by atoms with E-state index in [-0.39, 0.29) is 24.3 Å². The van der Waals surface area contributed by atoms with Gasteiger partial charge in [-0.3, -0.25) is 9.59 Å². The summed E-state index contributed by atoms with van der Waals surface area (Å²) in [6, 6.07) is 0.0629. The molecule has 0 aromatic heterocycles. The molecule has 4 N–H and O–H groups in total. The summed E-state index contributed by atoms with van der Waals surface area (Å²) in [6.45, 7) is 2.26. The number of primary amides is 1. The molecule has 1 aliphatic rings. The first-order valence-corrected chi connectivity index (χ1v) is 6.41. The zero-order chi connectivity index (χ0) is 12.7. The van der Waals surface area contributed by atoms with E-state index in [0.29, 0.717) is 12.6 Å². The number of nitrogens with two attached hydrogens (primary N) is 1. The highest BCUT2D eigenvalue weighted by atomic mass is 16.2. The molecule has 0 aromatic rings. The Balaban J connectivity index is 2.18. The lowest BCUT2D eigenvalue weighted by Crippen LogP contribution is -2.47. The van der Waals surface area contributed by atoms with Crippen molar-refractivity contribution in [1.82, 2.24) is 10.6 Å². The van der Waals surface area contributed by atoms with E-state index < -0.39 is 0 Å². The fraction of sp³-hybridized carbons (Fsp3) is 0.833. The maximum atomic E-state index is 11.8. The van der Waals surface area contributed by atoms with E-state index in [0.717, 1.165) is 12.8 Å². The molecule has 0 aliphatic heterocycles. The van der Waals surface area contributed by atoms with Gasteiger partial charge in [0.2, 0.25) is 11.8 Å². The molecule has 1 fully saturated rings. The summed E-state index contributed by atoms with van der Waals surface area (Å²) in [5.74, 6) is -0.334. The zero-order valence-electron chi connectivity index (χ0n) is 10.5. The first kappa shape index (κ1) is 14.0. The minimum absolute atomic E-state index is 0.0152. The highest BCUT2D eigenvalue weighted by molar-refractivity contribution is 5.81. The number of rotatable bonds is 6. The summed E-state index contributed by atoms with van der Waals surface area (Å²) >= 11 is 0. The van der Waals surface area contributed by atoms with E-state index in [2.05, 4.69) is 10.6 Å². The van der Waals surface area contributed by atoms with Crippen LogP contribution in [0.2, 0.25) is 0 Å². The highest BCUT2D eigenvalue weighted by Crippen LogP contribution is 2.17. The van der Waals surface area contributed by atoms with Crippen LogP contribution in [0, 0.1) is 0 Å². The van der Waals surface area contributed by atoms with Crippen LogP contribution in [0.15, 0.2) is 0 Å². The van der Waals surface area contributed by atoms with E-state index in [9.17, 15) is 9.59 Å². The third-order valence-electron chi connectivity index (χ3n) is 3.17. The largest absolute Gasteiger partial charge is 0.370 e. The number of hydrogen-bond acceptors (Lipinski definition) is 3. The first-order chi connectivity index (χ1) is 8.09. The Morgan fingerprint density at radius 2 is 1.94 bits per heavy atom. The predicted molar refractivity (Wildman–Crippen MR) is 66.3 cm³/mol. The van der Waals surface area contributed by atoms with Crippen molar-refractivity contribution in [2.75, 3.05) is 6.54 Å². The molecule has 1 unspecified atom stereocenters. The minimum Gasteiger partial charge on any atom is -0.370 e. The van der Waals surface area contributed by atoms with Gasteiger partial charge in [-0.05, 0) is 19.8 Å². The summed E-state index contributed by atoms with van der Waals surface area (Å²) in [6.07, 6.45) is 6.11. The number of amides is 2. The Hall–Kier alpha value is -1.10. The Kier molecular flexibility index (Phi) is 5.97. The highest BCUT2D eigenvalue weighted by Gasteiger charge is 2.18. The van der Waals surface area contributed by atoms with E-state index >= 15 is 0 Å². The van der Waals surface area contributed by atoms with Gasteiger partial charge in [0.05, 0.1) is 6.04 Å². The molecule has 0 radical (unpaired) electrons. The van der Waals surface area contributed by atoms with Crippen molar-refractivity contribution >= 4 is 11.8 Å². The Morgan fingerprint density at radius 1 is 1.29 bits per heavy atom.